The molecule has 1 heterocycles. The van der Waals surface area contributed by atoms with Crippen molar-refractivity contribution in [2.45, 2.75) is 59.1 Å². The molecule has 0 aromatic heterocycles. The molecule has 1 aliphatic rings. The second-order valence-corrected chi connectivity index (χ2v) is 7.68. The summed E-state index contributed by atoms with van der Waals surface area (Å²) < 4.78 is 11.3. The number of carbonyl (C=O) groups is 1. The molecule has 7 nitrogen and oxygen atoms in total. The van der Waals surface area contributed by atoms with Gasteiger partial charge in [0.1, 0.15) is 0 Å². The molecule has 0 aliphatic carbocycles. The fourth-order valence-electron chi connectivity index (χ4n) is 3.08. The molecule has 1 fully saturated rings. The molecule has 2 unspecified atom stereocenters. The van der Waals surface area contributed by atoms with Crippen LogP contribution in [0.2, 0.25) is 0 Å². The summed E-state index contributed by atoms with van der Waals surface area (Å²) in [4.78, 5) is 16.8. The molecule has 2 rings (SSSR count). The number of guanidine groups is 1. The van der Waals surface area contributed by atoms with Crippen molar-refractivity contribution in [3.8, 4) is 0 Å². The van der Waals surface area contributed by atoms with Gasteiger partial charge in [-0.2, -0.15) is 0 Å². The number of anilines is 1. The fourth-order valence-corrected chi connectivity index (χ4v) is 3.08. The molecule has 2 atom stereocenters. The number of hydrogen-bond donors (Lipinski definition) is 3. The Morgan fingerprint density at radius 3 is 2.93 bits per heavy atom. The van der Waals surface area contributed by atoms with E-state index in [2.05, 4.69) is 20.9 Å². The van der Waals surface area contributed by atoms with Crippen molar-refractivity contribution < 1.29 is 14.3 Å². The van der Waals surface area contributed by atoms with E-state index in [0.29, 0.717) is 19.8 Å². The zero-order chi connectivity index (χ0) is 21.6. The predicted octanol–water partition coefficient (Wildman–Crippen LogP) is 3.31. The van der Waals surface area contributed by atoms with E-state index in [0.717, 1.165) is 62.6 Å². The van der Waals surface area contributed by atoms with Gasteiger partial charge in [-0.05, 0) is 50.3 Å². The quantitative estimate of drug-likeness (QED) is 0.276. The van der Waals surface area contributed by atoms with Crippen molar-refractivity contribution in [2.24, 2.45) is 10.9 Å². The smallest absolute Gasteiger partial charge is 0.227 e. The SMILES string of the molecule is CCNC(=NCc1cccc(NC(=O)C(C)CC)c1)NCCCOCC1CCCO1. The number of aliphatic imine (C=N–C) groups is 1. The molecule has 1 saturated heterocycles. The van der Waals surface area contributed by atoms with E-state index in [1.807, 2.05) is 45.0 Å². The third-order valence-corrected chi connectivity index (χ3v) is 5.10. The first-order chi connectivity index (χ1) is 14.6. The third kappa shape index (κ3) is 9.13. The van der Waals surface area contributed by atoms with Crippen LogP contribution in [0.25, 0.3) is 0 Å². The summed E-state index contributed by atoms with van der Waals surface area (Å²) in [6.45, 7) is 10.4. The summed E-state index contributed by atoms with van der Waals surface area (Å²) in [5, 5.41) is 9.59. The van der Waals surface area contributed by atoms with Crippen LogP contribution in [0.1, 0.15) is 52.0 Å². The first kappa shape index (κ1) is 24.2. The van der Waals surface area contributed by atoms with Gasteiger partial charge in [0.15, 0.2) is 5.96 Å². The minimum absolute atomic E-state index is 0.00547. The molecular weight excluding hydrogens is 380 g/mol. The molecule has 168 valence electrons. The number of amides is 1. The topological polar surface area (TPSA) is 84.0 Å². The predicted molar refractivity (Wildman–Crippen MR) is 122 cm³/mol. The van der Waals surface area contributed by atoms with E-state index in [-0.39, 0.29) is 17.9 Å². The minimum Gasteiger partial charge on any atom is -0.379 e. The Hall–Kier alpha value is -2.12. The minimum atomic E-state index is 0.00547. The number of ether oxygens (including phenoxy) is 2. The van der Waals surface area contributed by atoms with E-state index < -0.39 is 0 Å². The van der Waals surface area contributed by atoms with Crippen LogP contribution in [0.5, 0.6) is 0 Å². The fraction of sp³-hybridized carbons (Fsp3) is 0.652. The molecule has 1 aromatic rings. The van der Waals surface area contributed by atoms with Gasteiger partial charge in [-0.1, -0.05) is 26.0 Å². The lowest BCUT2D eigenvalue weighted by Crippen LogP contribution is -2.38. The van der Waals surface area contributed by atoms with Crippen LogP contribution in [0.4, 0.5) is 5.69 Å². The average Bonchev–Trinajstić information content (AvgIpc) is 3.27. The molecule has 3 N–H and O–H groups in total. The zero-order valence-electron chi connectivity index (χ0n) is 18.7. The van der Waals surface area contributed by atoms with E-state index in [9.17, 15) is 4.79 Å². The maximum atomic E-state index is 12.1. The summed E-state index contributed by atoms with van der Waals surface area (Å²) in [5.74, 6) is 0.839. The molecule has 0 saturated carbocycles. The molecule has 1 aliphatic heterocycles. The van der Waals surface area contributed by atoms with Gasteiger partial charge in [0.05, 0.1) is 19.3 Å². The van der Waals surface area contributed by atoms with E-state index in [4.69, 9.17) is 9.47 Å². The van der Waals surface area contributed by atoms with E-state index in [1.165, 1.54) is 0 Å². The lowest BCUT2D eigenvalue weighted by Gasteiger charge is -2.13. The van der Waals surface area contributed by atoms with Crippen LogP contribution in [0, 0.1) is 5.92 Å². The molecule has 0 radical (unpaired) electrons. The maximum Gasteiger partial charge on any atom is 0.227 e. The van der Waals surface area contributed by atoms with Crippen LogP contribution >= 0.6 is 0 Å². The van der Waals surface area contributed by atoms with Gasteiger partial charge in [0, 0.05) is 37.9 Å². The monoisotopic (exact) mass is 418 g/mol. The molecule has 1 aromatic carbocycles. The van der Waals surface area contributed by atoms with Gasteiger partial charge < -0.3 is 25.4 Å². The second-order valence-electron chi connectivity index (χ2n) is 7.68. The van der Waals surface area contributed by atoms with Crippen molar-refractivity contribution in [1.82, 2.24) is 10.6 Å². The first-order valence-corrected chi connectivity index (χ1v) is 11.2. The number of benzene rings is 1. The summed E-state index contributed by atoms with van der Waals surface area (Å²) >= 11 is 0. The van der Waals surface area contributed by atoms with Crippen molar-refractivity contribution in [3.05, 3.63) is 29.8 Å². The number of carbonyl (C=O) groups excluding carboxylic acids is 1. The Labute approximate surface area is 181 Å². The van der Waals surface area contributed by atoms with Crippen molar-refractivity contribution in [2.75, 3.05) is 38.2 Å². The van der Waals surface area contributed by atoms with Gasteiger partial charge in [0.25, 0.3) is 0 Å². The van der Waals surface area contributed by atoms with E-state index in [1.54, 1.807) is 0 Å². The Kier molecular flexibility index (Phi) is 11.3. The summed E-state index contributed by atoms with van der Waals surface area (Å²) in [5.41, 5.74) is 1.86. The maximum absolute atomic E-state index is 12.1. The Balaban J connectivity index is 1.74. The highest BCUT2D eigenvalue weighted by molar-refractivity contribution is 5.92. The van der Waals surface area contributed by atoms with Crippen LogP contribution < -0.4 is 16.0 Å². The highest BCUT2D eigenvalue weighted by Gasteiger charge is 2.15. The molecule has 30 heavy (non-hydrogen) atoms. The first-order valence-electron chi connectivity index (χ1n) is 11.2. The largest absolute Gasteiger partial charge is 0.379 e. The zero-order valence-corrected chi connectivity index (χ0v) is 18.7. The van der Waals surface area contributed by atoms with Gasteiger partial charge in [0.2, 0.25) is 5.91 Å². The highest BCUT2D eigenvalue weighted by atomic mass is 16.5. The van der Waals surface area contributed by atoms with Gasteiger partial charge in [-0.3, -0.25) is 4.79 Å². The lowest BCUT2D eigenvalue weighted by atomic mass is 10.1. The second kappa shape index (κ2) is 14.0. The molecular formula is C23H38N4O3. The normalized spacial score (nSPS) is 17.6. The van der Waals surface area contributed by atoms with Crippen molar-refractivity contribution >= 4 is 17.6 Å². The number of nitrogens with one attached hydrogen (secondary N) is 3. The molecule has 7 heteroatoms. The van der Waals surface area contributed by atoms with E-state index >= 15 is 0 Å². The summed E-state index contributed by atoms with van der Waals surface area (Å²) in [6.07, 6.45) is 4.27. The standard InChI is InChI=1S/C23H38N4O3/c1-4-18(3)22(28)27-20-10-6-9-19(15-20)16-26-23(24-5-2)25-12-8-13-29-17-21-11-7-14-30-21/h6,9-10,15,18,21H,4-5,7-8,11-14,16-17H2,1-3H3,(H,27,28)(H2,24,25,26). The number of rotatable bonds is 12. The molecule has 0 spiro atoms. The average molecular weight is 419 g/mol. The Bertz CT molecular complexity index is 660. The Morgan fingerprint density at radius 2 is 2.20 bits per heavy atom. The van der Waals surface area contributed by atoms with Crippen LogP contribution in [-0.2, 0) is 20.8 Å². The Morgan fingerprint density at radius 1 is 1.33 bits per heavy atom. The number of hydrogen-bond acceptors (Lipinski definition) is 4. The molecule has 1 amide bonds. The lowest BCUT2D eigenvalue weighted by molar-refractivity contribution is -0.119. The highest BCUT2D eigenvalue weighted by Crippen LogP contribution is 2.14. The van der Waals surface area contributed by atoms with Crippen LogP contribution in [0.3, 0.4) is 0 Å². The van der Waals surface area contributed by atoms with Gasteiger partial charge >= 0.3 is 0 Å². The van der Waals surface area contributed by atoms with Gasteiger partial charge in [-0.25, -0.2) is 4.99 Å². The van der Waals surface area contributed by atoms with Crippen LogP contribution in [-0.4, -0.2) is 50.9 Å². The van der Waals surface area contributed by atoms with Crippen molar-refractivity contribution in [1.29, 1.82) is 0 Å². The summed E-state index contributed by atoms with van der Waals surface area (Å²) in [6, 6.07) is 7.85. The summed E-state index contributed by atoms with van der Waals surface area (Å²) in [7, 11) is 0. The molecule has 0 bridgehead atoms. The third-order valence-electron chi connectivity index (χ3n) is 5.10. The van der Waals surface area contributed by atoms with Gasteiger partial charge in [-0.15, -0.1) is 0 Å². The number of nitrogens with zero attached hydrogens (tertiary/aromatic N) is 1. The van der Waals surface area contributed by atoms with Crippen LogP contribution in [0.15, 0.2) is 29.3 Å². The van der Waals surface area contributed by atoms with Crippen molar-refractivity contribution in [3.63, 3.8) is 0 Å².